The van der Waals surface area contributed by atoms with Gasteiger partial charge >= 0.3 is 5.97 Å². The first kappa shape index (κ1) is 21.3. The second kappa shape index (κ2) is 9.27. The SMILES string of the molecule is CCOC(=O)[C@@H](C)N1C(=O)S/C(=C/c2ccc(OCC(N)=O)c(OC)c2)C1=O. The van der Waals surface area contributed by atoms with Crippen molar-refractivity contribution >= 4 is 40.9 Å². The molecular weight excluding hydrogens is 388 g/mol. The zero-order valence-corrected chi connectivity index (χ0v) is 16.4. The van der Waals surface area contributed by atoms with Crippen molar-refractivity contribution in [2.24, 2.45) is 5.73 Å². The molecule has 0 saturated carbocycles. The third kappa shape index (κ3) is 4.83. The van der Waals surface area contributed by atoms with Crippen molar-refractivity contribution < 1.29 is 33.4 Å². The summed E-state index contributed by atoms with van der Waals surface area (Å²) in [5.74, 6) is -1.22. The van der Waals surface area contributed by atoms with Crippen LogP contribution >= 0.6 is 11.8 Å². The number of carbonyl (C=O) groups excluding carboxylic acids is 4. The third-order valence-corrected chi connectivity index (χ3v) is 4.58. The first-order chi connectivity index (χ1) is 13.3. The lowest BCUT2D eigenvalue weighted by atomic mass is 10.1. The van der Waals surface area contributed by atoms with Crippen molar-refractivity contribution in [1.29, 1.82) is 0 Å². The van der Waals surface area contributed by atoms with Crippen LogP contribution in [0.1, 0.15) is 19.4 Å². The van der Waals surface area contributed by atoms with Gasteiger partial charge < -0.3 is 19.9 Å². The van der Waals surface area contributed by atoms with Gasteiger partial charge in [-0.05, 0) is 49.4 Å². The number of rotatable bonds is 8. The maximum absolute atomic E-state index is 12.6. The minimum Gasteiger partial charge on any atom is -0.493 e. The highest BCUT2D eigenvalue weighted by molar-refractivity contribution is 8.18. The van der Waals surface area contributed by atoms with E-state index in [0.717, 1.165) is 16.7 Å². The van der Waals surface area contributed by atoms with E-state index in [9.17, 15) is 19.2 Å². The van der Waals surface area contributed by atoms with Crippen molar-refractivity contribution in [1.82, 2.24) is 4.90 Å². The van der Waals surface area contributed by atoms with E-state index < -0.39 is 29.1 Å². The molecule has 2 rings (SSSR count). The average molecular weight is 408 g/mol. The third-order valence-electron chi connectivity index (χ3n) is 3.69. The molecular formula is C18H20N2O7S. The average Bonchev–Trinajstić information content (AvgIpc) is 2.93. The summed E-state index contributed by atoms with van der Waals surface area (Å²) < 4.78 is 15.3. The Morgan fingerprint density at radius 2 is 2.00 bits per heavy atom. The molecule has 1 atom stereocenters. The molecule has 150 valence electrons. The maximum atomic E-state index is 12.6. The van der Waals surface area contributed by atoms with E-state index in [0.29, 0.717) is 17.1 Å². The van der Waals surface area contributed by atoms with Crippen LogP contribution in [0.4, 0.5) is 4.79 Å². The van der Waals surface area contributed by atoms with Gasteiger partial charge in [-0.3, -0.25) is 19.3 Å². The van der Waals surface area contributed by atoms with Crippen LogP contribution in [0.15, 0.2) is 23.1 Å². The molecule has 1 aliphatic heterocycles. The minimum absolute atomic E-state index is 0.152. The Morgan fingerprint density at radius 3 is 2.61 bits per heavy atom. The van der Waals surface area contributed by atoms with Gasteiger partial charge in [-0.2, -0.15) is 0 Å². The van der Waals surface area contributed by atoms with E-state index in [2.05, 4.69) is 0 Å². The van der Waals surface area contributed by atoms with E-state index >= 15 is 0 Å². The van der Waals surface area contributed by atoms with Gasteiger partial charge in [-0.25, -0.2) is 4.79 Å². The predicted octanol–water partition coefficient (Wildman–Crippen LogP) is 1.55. The summed E-state index contributed by atoms with van der Waals surface area (Å²) in [6.07, 6.45) is 1.50. The zero-order valence-electron chi connectivity index (χ0n) is 15.6. The number of nitrogens with two attached hydrogens (primary N) is 1. The van der Waals surface area contributed by atoms with Gasteiger partial charge in [0.2, 0.25) is 0 Å². The normalized spacial score (nSPS) is 16.2. The van der Waals surface area contributed by atoms with Crippen LogP contribution < -0.4 is 15.2 Å². The maximum Gasteiger partial charge on any atom is 0.329 e. The molecule has 10 heteroatoms. The molecule has 3 amide bonds. The number of thioether (sulfide) groups is 1. The lowest BCUT2D eigenvalue weighted by Crippen LogP contribution is -2.42. The topological polar surface area (TPSA) is 125 Å². The quantitative estimate of drug-likeness (QED) is 0.507. The molecule has 0 radical (unpaired) electrons. The van der Waals surface area contributed by atoms with Crippen molar-refractivity contribution in [3.05, 3.63) is 28.7 Å². The van der Waals surface area contributed by atoms with Crippen LogP contribution in [0.5, 0.6) is 11.5 Å². The van der Waals surface area contributed by atoms with Crippen molar-refractivity contribution in [2.75, 3.05) is 20.3 Å². The Hall–Kier alpha value is -3.01. The van der Waals surface area contributed by atoms with Gasteiger partial charge in [0.1, 0.15) is 6.04 Å². The summed E-state index contributed by atoms with van der Waals surface area (Å²) in [5.41, 5.74) is 5.62. The molecule has 1 aromatic carbocycles. The number of nitrogens with zero attached hydrogens (tertiary/aromatic N) is 1. The number of imide groups is 1. The standard InChI is InChI=1S/C18H20N2O7S/c1-4-26-17(23)10(2)20-16(22)14(28-18(20)24)8-11-5-6-12(13(7-11)25-3)27-9-15(19)21/h5-8,10H,4,9H2,1-3H3,(H2,19,21)/b14-8+/t10-/m1/s1. The number of primary amides is 1. The lowest BCUT2D eigenvalue weighted by molar-refractivity contribution is -0.150. The number of hydrogen-bond donors (Lipinski definition) is 1. The fourth-order valence-corrected chi connectivity index (χ4v) is 3.28. The second-order valence-electron chi connectivity index (χ2n) is 5.65. The van der Waals surface area contributed by atoms with Crippen LogP contribution in [0.2, 0.25) is 0 Å². The Morgan fingerprint density at radius 1 is 1.29 bits per heavy atom. The first-order valence-electron chi connectivity index (χ1n) is 8.31. The summed E-state index contributed by atoms with van der Waals surface area (Å²) >= 11 is 0.730. The van der Waals surface area contributed by atoms with Gasteiger partial charge in [-0.1, -0.05) is 6.07 Å². The molecule has 1 fully saturated rings. The Bertz CT molecular complexity index is 837. The summed E-state index contributed by atoms with van der Waals surface area (Å²) in [6, 6.07) is 3.75. The Kier molecular flexibility index (Phi) is 7.05. The van der Waals surface area contributed by atoms with E-state index in [4.69, 9.17) is 19.9 Å². The van der Waals surface area contributed by atoms with E-state index in [1.807, 2.05) is 0 Å². The van der Waals surface area contributed by atoms with E-state index in [-0.39, 0.29) is 18.1 Å². The largest absolute Gasteiger partial charge is 0.493 e. The second-order valence-corrected chi connectivity index (χ2v) is 6.64. The number of carbonyl (C=O) groups is 4. The summed E-state index contributed by atoms with van der Waals surface area (Å²) in [4.78, 5) is 48.5. The fourth-order valence-electron chi connectivity index (χ4n) is 2.38. The molecule has 1 saturated heterocycles. The van der Waals surface area contributed by atoms with Crippen LogP contribution in [0.25, 0.3) is 6.08 Å². The van der Waals surface area contributed by atoms with Gasteiger partial charge in [-0.15, -0.1) is 0 Å². The van der Waals surface area contributed by atoms with Crippen LogP contribution in [0, 0.1) is 0 Å². The molecule has 2 N–H and O–H groups in total. The zero-order chi connectivity index (χ0) is 20.8. The molecule has 0 aliphatic carbocycles. The summed E-state index contributed by atoms with van der Waals surface area (Å²) in [6.45, 7) is 2.92. The van der Waals surface area contributed by atoms with Crippen molar-refractivity contribution in [3.8, 4) is 11.5 Å². The van der Waals surface area contributed by atoms with Crippen LogP contribution in [-0.2, 0) is 19.1 Å². The van der Waals surface area contributed by atoms with Gasteiger partial charge in [0, 0.05) is 0 Å². The molecule has 9 nitrogen and oxygen atoms in total. The molecule has 1 aliphatic rings. The van der Waals surface area contributed by atoms with Gasteiger partial charge in [0.15, 0.2) is 18.1 Å². The predicted molar refractivity (Wildman–Crippen MR) is 102 cm³/mol. The molecule has 1 heterocycles. The Labute approximate surface area is 165 Å². The summed E-state index contributed by atoms with van der Waals surface area (Å²) in [5, 5.41) is -0.551. The number of amides is 3. The van der Waals surface area contributed by atoms with Crippen LogP contribution in [0.3, 0.4) is 0 Å². The number of hydrogen-bond acceptors (Lipinski definition) is 8. The minimum atomic E-state index is -1.02. The number of methoxy groups -OCH3 is 1. The smallest absolute Gasteiger partial charge is 0.329 e. The molecule has 28 heavy (non-hydrogen) atoms. The van der Waals surface area contributed by atoms with E-state index in [1.165, 1.54) is 20.1 Å². The summed E-state index contributed by atoms with van der Waals surface area (Å²) in [7, 11) is 1.42. The van der Waals surface area contributed by atoms with Gasteiger partial charge in [0.05, 0.1) is 18.6 Å². The first-order valence-corrected chi connectivity index (χ1v) is 9.13. The Balaban J connectivity index is 2.23. The van der Waals surface area contributed by atoms with Crippen LogP contribution in [-0.4, -0.2) is 54.3 Å². The van der Waals surface area contributed by atoms with E-state index in [1.54, 1.807) is 25.1 Å². The monoisotopic (exact) mass is 408 g/mol. The number of esters is 1. The highest BCUT2D eigenvalue weighted by atomic mass is 32.2. The molecule has 0 bridgehead atoms. The molecule has 0 unspecified atom stereocenters. The molecule has 0 spiro atoms. The highest BCUT2D eigenvalue weighted by Crippen LogP contribution is 2.35. The molecule has 0 aromatic heterocycles. The van der Waals surface area contributed by atoms with Crippen molar-refractivity contribution in [2.45, 2.75) is 19.9 Å². The molecule has 1 aromatic rings. The highest BCUT2D eigenvalue weighted by Gasteiger charge is 2.41. The number of ether oxygens (including phenoxy) is 3. The fraction of sp³-hybridized carbons (Fsp3) is 0.333. The number of benzene rings is 1. The lowest BCUT2D eigenvalue weighted by Gasteiger charge is -2.19. The van der Waals surface area contributed by atoms with Gasteiger partial charge in [0.25, 0.3) is 17.1 Å². The van der Waals surface area contributed by atoms with Crippen molar-refractivity contribution in [3.63, 3.8) is 0 Å².